The van der Waals surface area contributed by atoms with Crippen molar-refractivity contribution in [2.24, 2.45) is 0 Å². The fourth-order valence-electron chi connectivity index (χ4n) is 2.29. The number of rotatable bonds is 2. The van der Waals surface area contributed by atoms with Crippen LogP contribution in [0, 0.1) is 6.92 Å². The Bertz CT molecular complexity index is 381. The Hall–Kier alpha value is -0.800. The van der Waals surface area contributed by atoms with Gasteiger partial charge >= 0.3 is 0 Å². The van der Waals surface area contributed by atoms with E-state index in [1.165, 1.54) is 25.8 Å². The Morgan fingerprint density at radius 3 is 2.94 bits per heavy atom. The second-order valence-corrected chi connectivity index (χ2v) is 5.23. The first-order valence-corrected chi connectivity index (χ1v) is 6.61. The van der Waals surface area contributed by atoms with Crippen molar-refractivity contribution in [2.45, 2.75) is 32.2 Å². The molecule has 94 valence electrons. The van der Waals surface area contributed by atoms with Gasteiger partial charge in [-0.3, -0.25) is 0 Å². The first-order valence-electron chi connectivity index (χ1n) is 6.23. The van der Waals surface area contributed by atoms with Crippen LogP contribution in [0.2, 0.25) is 5.15 Å². The van der Waals surface area contributed by atoms with Crippen molar-refractivity contribution in [1.82, 2.24) is 9.88 Å². The Morgan fingerprint density at radius 2 is 2.18 bits per heavy atom. The minimum absolute atomic E-state index is 0.557. The highest BCUT2D eigenvalue weighted by atomic mass is 35.5. The Balaban J connectivity index is 2.00. The predicted molar refractivity (Wildman–Crippen MR) is 72.7 cm³/mol. The number of halogens is 1. The molecule has 0 radical (unpaired) electrons. The average Bonchev–Trinajstić information content (AvgIpc) is 2.48. The lowest BCUT2D eigenvalue weighted by Crippen LogP contribution is -2.23. The zero-order chi connectivity index (χ0) is 12.3. The summed E-state index contributed by atoms with van der Waals surface area (Å²) in [5.41, 5.74) is 2.10. The van der Waals surface area contributed by atoms with Crippen LogP contribution in [0.25, 0.3) is 0 Å². The molecule has 1 unspecified atom stereocenters. The molecular weight excluding hydrogens is 234 g/mol. The van der Waals surface area contributed by atoms with Gasteiger partial charge in [-0.2, -0.15) is 0 Å². The summed E-state index contributed by atoms with van der Waals surface area (Å²) < 4.78 is 0. The van der Waals surface area contributed by atoms with Crippen LogP contribution in [0.4, 0.5) is 5.69 Å². The van der Waals surface area contributed by atoms with E-state index in [0.29, 0.717) is 11.2 Å². The third-order valence-corrected chi connectivity index (χ3v) is 3.57. The van der Waals surface area contributed by atoms with E-state index in [9.17, 15) is 0 Å². The molecule has 1 saturated heterocycles. The molecule has 1 aliphatic heterocycles. The van der Waals surface area contributed by atoms with Gasteiger partial charge in [0.1, 0.15) is 5.15 Å². The van der Waals surface area contributed by atoms with Crippen LogP contribution in [-0.2, 0) is 0 Å². The highest BCUT2D eigenvalue weighted by Crippen LogP contribution is 2.20. The number of pyridine rings is 1. The van der Waals surface area contributed by atoms with E-state index in [1.807, 2.05) is 19.1 Å². The largest absolute Gasteiger partial charge is 0.381 e. The van der Waals surface area contributed by atoms with Gasteiger partial charge in [-0.15, -0.1) is 0 Å². The summed E-state index contributed by atoms with van der Waals surface area (Å²) in [5, 5.41) is 4.15. The maximum absolute atomic E-state index is 5.86. The minimum Gasteiger partial charge on any atom is -0.381 e. The van der Waals surface area contributed by atoms with Crippen LogP contribution in [0.1, 0.15) is 25.0 Å². The van der Waals surface area contributed by atoms with Crippen molar-refractivity contribution in [2.75, 3.05) is 25.5 Å². The van der Waals surface area contributed by atoms with Crippen LogP contribution >= 0.6 is 11.6 Å². The number of aromatic nitrogens is 1. The molecule has 0 aromatic carbocycles. The van der Waals surface area contributed by atoms with Crippen LogP contribution in [0.15, 0.2) is 12.1 Å². The fraction of sp³-hybridized carbons (Fsp3) is 0.615. The maximum atomic E-state index is 5.86. The molecule has 0 aliphatic carbocycles. The van der Waals surface area contributed by atoms with Gasteiger partial charge in [-0.1, -0.05) is 11.6 Å². The zero-order valence-corrected chi connectivity index (χ0v) is 11.3. The number of aryl methyl sites for hydroxylation is 1. The summed E-state index contributed by atoms with van der Waals surface area (Å²) >= 11 is 5.86. The van der Waals surface area contributed by atoms with E-state index in [0.717, 1.165) is 17.9 Å². The zero-order valence-electron chi connectivity index (χ0n) is 10.5. The van der Waals surface area contributed by atoms with Gasteiger partial charge in [0, 0.05) is 6.04 Å². The molecule has 0 spiro atoms. The molecule has 1 aromatic heterocycles. The van der Waals surface area contributed by atoms with E-state index >= 15 is 0 Å². The first-order chi connectivity index (χ1) is 8.15. The Labute approximate surface area is 108 Å². The van der Waals surface area contributed by atoms with Gasteiger partial charge in [0.2, 0.25) is 0 Å². The van der Waals surface area contributed by atoms with E-state index in [4.69, 9.17) is 11.6 Å². The molecule has 2 rings (SSSR count). The molecule has 0 amide bonds. The summed E-state index contributed by atoms with van der Waals surface area (Å²) in [6.45, 7) is 4.37. The molecule has 1 atom stereocenters. The number of nitrogens with zero attached hydrogens (tertiary/aromatic N) is 2. The van der Waals surface area contributed by atoms with Gasteiger partial charge in [-0.25, -0.2) is 4.98 Å². The number of hydrogen-bond acceptors (Lipinski definition) is 3. The van der Waals surface area contributed by atoms with Crippen molar-refractivity contribution in [3.8, 4) is 0 Å². The molecule has 0 saturated carbocycles. The monoisotopic (exact) mass is 253 g/mol. The second kappa shape index (κ2) is 5.69. The van der Waals surface area contributed by atoms with Crippen molar-refractivity contribution in [1.29, 1.82) is 0 Å². The fourth-order valence-corrected chi connectivity index (χ4v) is 2.48. The summed E-state index contributed by atoms with van der Waals surface area (Å²) in [4.78, 5) is 6.67. The van der Waals surface area contributed by atoms with Crippen LogP contribution in [-0.4, -0.2) is 36.1 Å². The lowest BCUT2D eigenvalue weighted by Gasteiger charge is -2.19. The molecule has 1 aromatic rings. The molecule has 1 N–H and O–H groups in total. The summed E-state index contributed by atoms with van der Waals surface area (Å²) in [7, 11) is 2.19. The molecule has 1 fully saturated rings. The normalized spacial score (nSPS) is 22.2. The lowest BCUT2D eigenvalue weighted by atomic mass is 10.1. The number of nitrogens with one attached hydrogen (secondary N) is 1. The van der Waals surface area contributed by atoms with Crippen molar-refractivity contribution in [3.63, 3.8) is 0 Å². The van der Waals surface area contributed by atoms with Crippen molar-refractivity contribution < 1.29 is 0 Å². The quantitative estimate of drug-likeness (QED) is 0.822. The second-order valence-electron chi connectivity index (χ2n) is 4.84. The molecule has 17 heavy (non-hydrogen) atoms. The topological polar surface area (TPSA) is 28.2 Å². The lowest BCUT2D eigenvalue weighted by molar-refractivity contribution is 0.348. The SMILES string of the molecule is Cc1nc(Cl)ccc1NC1CCCN(C)CC1. The smallest absolute Gasteiger partial charge is 0.129 e. The number of likely N-dealkylation sites (tertiary alicyclic amines) is 1. The summed E-state index contributed by atoms with van der Waals surface area (Å²) in [5.74, 6) is 0. The summed E-state index contributed by atoms with van der Waals surface area (Å²) in [6, 6.07) is 4.43. The van der Waals surface area contributed by atoms with E-state index in [-0.39, 0.29) is 0 Å². The first kappa shape index (κ1) is 12.7. The molecule has 4 heteroatoms. The third kappa shape index (κ3) is 3.58. The number of anilines is 1. The predicted octanol–water partition coefficient (Wildman–Crippen LogP) is 2.94. The van der Waals surface area contributed by atoms with Gasteiger partial charge in [-0.05, 0) is 58.5 Å². The van der Waals surface area contributed by atoms with Crippen molar-refractivity contribution >= 4 is 17.3 Å². The van der Waals surface area contributed by atoms with Crippen molar-refractivity contribution in [3.05, 3.63) is 23.0 Å². The molecular formula is C13H20ClN3. The molecule has 3 nitrogen and oxygen atoms in total. The van der Waals surface area contributed by atoms with Crippen LogP contribution in [0.3, 0.4) is 0 Å². The third-order valence-electron chi connectivity index (χ3n) is 3.36. The Kier molecular flexibility index (Phi) is 4.24. The standard InChI is InChI=1S/C13H20ClN3/c1-10-12(5-6-13(14)15-10)16-11-4-3-8-17(2)9-7-11/h5-6,11,16H,3-4,7-9H2,1-2H3. The highest BCUT2D eigenvalue weighted by Gasteiger charge is 2.15. The van der Waals surface area contributed by atoms with E-state index in [1.54, 1.807) is 0 Å². The van der Waals surface area contributed by atoms with Crippen LogP contribution in [0.5, 0.6) is 0 Å². The van der Waals surface area contributed by atoms with Gasteiger partial charge in [0.05, 0.1) is 11.4 Å². The van der Waals surface area contributed by atoms with E-state index in [2.05, 4.69) is 22.2 Å². The van der Waals surface area contributed by atoms with Gasteiger partial charge in [0.15, 0.2) is 0 Å². The number of hydrogen-bond donors (Lipinski definition) is 1. The van der Waals surface area contributed by atoms with Crippen LogP contribution < -0.4 is 5.32 Å². The highest BCUT2D eigenvalue weighted by molar-refractivity contribution is 6.29. The molecule has 2 heterocycles. The van der Waals surface area contributed by atoms with Gasteiger partial charge < -0.3 is 10.2 Å². The molecule has 1 aliphatic rings. The van der Waals surface area contributed by atoms with Gasteiger partial charge in [0.25, 0.3) is 0 Å². The minimum atomic E-state index is 0.557. The average molecular weight is 254 g/mol. The summed E-state index contributed by atoms with van der Waals surface area (Å²) in [6.07, 6.45) is 3.68. The maximum Gasteiger partial charge on any atom is 0.129 e. The molecule has 0 bridgehead atoms. The van der Waals surface area contributed by atoms with E-state index < -0.39 is 0 Å². The Morgan fingerprint density at radius 1 is 1.35 bits per heavy atom.